The molecule has 1 aliphatic rings. The van der Waals surface area contributed by atoms with Crippen LogP contribution in [0.5, 0.6) is 11.5 Å². The number of carbonyl (C=O) groups excluding carboxylic acids is 1. The van der Waals surface area contributed by atoms with Crippen molar-refractivity contribution in [1.29, 1.82) is 0 Å². The van der Waals surface area contributed by atoms with E-state index in [0.717, 1.165) is 74.7 Å². The van der Waals surface area contributed by atoms with E-state index in [1.165, 1.54) is 44.5 Å². The third kappa shape index (κ3) is 12.6. The van der Waals surface area contributed by atoms with Crippen molar-refractivity contribution in [2.45, 2.75) is 190 Å². The van der Waals surface area contributed by atoms with Crippen LogP contribution in [0.2, 0.25) is 0 Å². The first-order chi connectivity index (χ1) is 29.5. The standard InChI is InChI=1S/C31H44O4.C26H38O2/c1-8-31(9-2,24-12-10-23(21(3)18-24)11-16-28(32)30(5,6)7)25-13-15-27(22(4)19-25)34-20-26-14-17-29(33)35-26;1-8-26(9-2,22-13-14-23(27)19(4)17-22)21-12-10-20(18(3)16-21)11-15-24(28)25(5,6)7/h10,12-13,15,18-19,26,28,32H,8-9,11,14,16-17,20H2,1-7H3;10,12-14,16-17,24,27-28H,8-9,11,15H2,1-7H3/t26-,28?;/m1./s1. The van der Waals surface area contributed by atoms with Crippen LogP contribution in [0, 0.1) is 38.5 Å². The lowest BCUT2D eigenvalue weighted by Gasteiger charge is -2.34. The number of aromatic hydroxyl groups is 1. The van der Waals surface area contributed by atoms with Gasteiger partial charge in [0.05, 0.1) is 12.2 Å². The molecular weight excluding hydrogens is 781 g/mol. The molecule has 3 atom stereocenters. The van der Waals surface area contributed by atoms with E-state index in [1.54, 1.807) is 0 Å². The van der Waals surface area contributed by atoms with E-state index in [0.29, 0.717) is 18.8 Å². The van der Waals surface area contributed by atoms with Gasteiger partial charge in [0.15, 0.2) is 0 Å². The first-order valence-electron chi connectivity index (χ1n) is 23.8. The summed E-state index contributed by atoms with van der Waals surface area (Å²) in [7, 11) is 0. The van der Waals surface area contributed by atoms with E-state index in [1.807, 2.05) is 13.0 Å². The zero-order valence-electron chi connectivity index (χ0n) is 41.5. The summed E-state index contributed by atoms with van der Waals surface area (Å²) in [4.78, 5) is 11.3. The third-order valence-electron chi connectivity index (χ3n) is 14.4. The number of hydrogen-bond donors (Lipinski definition) is 3. The molecule has 5 rings (SSSR count). The van der Waals surface area contributed by atoms with Gasteiger partial charge < -0.3 is 24.8 Å². The second kappa shape index (κ2) is 21.7. The number of benzene rings is 4. The van der Waals surface area contributed by atoms with Crippen LogP contribution in [-0.2, 0) is 33.2 Å². The fourth-order valence-corrected chi connectivity index (χ4v) is 9.41. The minimum absolute atomic E-state index is 0.0489. The molecule has 0 spiro atoms. The van der Waals surface area contributed by atoms with E-state index in [9.17, 15) is 20.1 Å². The first kappa shape index (κ1) is 51.5. The Morgan fingerprint density at radius 1 is 0.603 bits per heavy atom. The van der Waals surface area contributed by atoms with Gasteiger partial charge in [0.2, 0.25) is 0 Å². The fraction of sp³-hybridized carbons (Fsp3) is 0.561. The highest BCUT2D eigenvalue weighted by Crippen LogP contribution is 2.43. The summed E-state index contributed by atoms with van der Waals surface area (Å²) in [6.45, 7) is 30.4. The average Bonchev–Trinajstić information content (AvgIpc) is 3.66. The van der Waals surface area contributed by atoms with E-state index < -0.39 is 0 Å². The highest BCUT2D eigenvalue weighted by Gasteiger charge is 2.33. The topological polar surface area (TPSA) is 96.2 Å². The lowest BCUT2D eigenvalue weighted by molar-refractivity contribution is -0.142. The van der Waals surface area contributed by atoms with Crippen LogP contribution >= 0.6 is 0 Å². The van der Waals surface area contributed by atoms with Gasteiger partial charge in [-0.3, -0.25) is 4.79 Å². The van der Waals surface area contributed by atoms with Gasteiger partial charge in [-0.05, 0) is 164 Å². The Labute approximate surface area is 381 Å². The number of phenols is 1. The number of phenolic OH excluding ortho intramolecular Hbond substituents is 1. The van der Waals surface area contributed by atoms with Crippen LogP contribution in [0.3, 0.4) is 0 Å². The van der Waals surface area contributed by atoms with Crippen molar-refractivity contribution in [1.82, 2.24) is 0 Å². The summed E-state index contributed by atoms with van der Waals surface area (Å²) >= 11 is 0. The number of aryl methyl sites for hydroxylation is 6. The van der Waals surface area contributed by atoms with Crippen molar-refractivity contribution in [3.05, 3.63) is 128 Å². The second-order valence-electron chi connectivity index (χ2n) is 20.6. The van der Waals surface area contributed by atoms with Gasteiger partial charge in [0.1, 0.15) is 24.2 Å². The Balaban J connectivity index is 0.000000284. The number of ether oxygens (including phenoxy) is 2. The lowest BCUT2D eigenvalue weighted by Crippen LogP contribution is -2.27. The zero-order valence-corrected chi connectivity index (χ0v) is 41.5. The molecule has 0 saturated carbocycles. The fourth-order valence-electron chi connectivity index (χ4n) is 9.41. The molecule has 4 aromatic rings. The highest BCUT2D eigenvalue weighted by atomic mass is 16.6. The third-order valence-corrected chi connectivity index (χ3v) is 14.4. The molecule has 346 valence electrons. The predicted octanol–water partition coefficient (Wildman–Crippen LogP) is 13.3. The number of hydrogen-bond acceptors (Lipinski definition) is 6. The summed E-state index contributed by atoms with van der Waals surface area (Å²) in [6, 6.07) is 26.3. The highest BCUT2D eigenvalue weighted by molar-refractivity contribution is 5.71. The molecule has 2 unspecified atom stereocenters. The first-order valence-corrected chi connectivity index (χ1v) is 23.8. The number of rotatable bonds is 17. The Bertz CT molecular complexity index is 2110. The molecule has 4 aromatic carbocycles. The Hall–Kier alpha value is -4.13. The van der Waals surface area contributed by atoms with Crippen LogP contribution in [0.4, 0.5) is 0 Å². The largest absolute Gasteiger partial charge is 0.508 e. The molecule has 1 saturated heterocycles. The van der Waals surface area contributed by atoms with Crippen LogP contribution in [0.15, 0.2) is 72.8 Å². The van der Waals surface area contributed by atoms with Gasteiger partial charge in [0, 0.05) is 17.3 Å². The monoisotopic (exact) mass is 863 g/mol. The molecule has 63 heavy (non-hydrogen) atoms. The van der Waals surface area contributed by atoms with E-state index in [2.05, 4.69) is 157 Å². The molecule has 0 aliphatic carbocycles. The Morgan fingerprint density at radius 3 is 1.35 bits per heavy atom. The average molecular weight is 863 g/mol. The molecule has 6 heteroatoms. The maximum absolute atomic E-state index is 11.3. The van der Waals surface area contributed by atoms with Gasteiger partial charge in [-0.25, -0.2) is 0 Å². The maximum Gasteiger partial charge on any atom is 0.306 e. The van der Waals surface area contributed by atoms with Crippen molar-refractivity contribution in [2.75, 3.05) is 6.61 Å². The molecule has 0 bridgehead atoms. The summed E-state index contributed by atoms with van der Waals surface area (Å²) in [6.07, 6.45) is 7.84. The normalized spacial score (nSPS) is 15.7. The van der Waals surface area contributed by atoms with Crippen LogP contribution in [0.25, 0.3) is 0 Å². The molecule has 0 aromatic heterocycles. The number of esters is 1. The van der Waals surface area contributed by atoms with Gasteiger partial charge in [-0.15, -0.1) is 0 Å². The Morgan fingerprint density at radius 2 is 1.00 bits per heavy atom. The molecule has 1 heterocycles. The molecular formula is C57H82O6. The van der Waals surface area contributed by atoms with E-state index in [-0.39, 0.29) is 45.9 Å². The van der Waals surface area contributed by atoms with Gasteiger partial charge >= 0.3 is 5.97 Å². The minimum Gasteiger partial charge on any atom is -0.508 e. The second-order valence-corrected chi connectivity index (χ2v) is 20.6. The number of aliphatic hydroxyl groups excluding tert-OH is 2. The van der Waals surface area contributed by atoms with Crippen molar-refractivity contribution in [3.63, 3.8) is 0 Å². The molecule has 3 N–H and O–H groups in total. The van der Waals surface area contributed by atoms with Crippen LogP contribution in [0.1, 0.15) is 176 Å². The Kier molecular flexibility index (Phi) is 17.7. The summed E-state index contributed by atoms with van der Waals surface area (Å²) in [5.41, 5.74) is 12.2. The zero-order chi connectivity index (χ0) is 46.9. The molecule has 1 aliphatic heterocycles. The smallest absolute Gasteiger partial charge is 0.306 e. The molecule has 6 nitrogen and oxygen atoms in total. The predicted molar refractivity (Wildman–Crippen MR) is 261 cm³/mol. The number of aliphatic hydroxyl groups is 2. The van der Waals surface area contributed by atoms with Crippen molar-refractivity contribution in [3.8, 4) is 11.5 Å². The quantitative estimate of drug-likeness (QED) is 0.0915. The summed E-state index contributed by atoms with van der Waals surface area (Å²) in [5.74, 6) is 1.07. The van der Waals surface area contributed by atoms with Gasteiger partial charge in [-0.2, -0.15) is 0 Å². The molecule has 0 amide bonds. The summed E-state index contributed by atoms with van der Waals surface area (Å²) < 4.78 is 11.3. The van der Waals surface area contributed by atoms with E-state index in [4.69, 9.17) is 9.47 Å². The lowest BCUT2D eigenvalue weighted by atomic mass is 9.69. The van der Waals surface area contributed by atoms with Crippen LogP contribution < -0.4 is 4.74 Å². The summed E-state index contributed by atoms with van der Waals surface area (Å²) in [5, 5.41) is 30.8. The van der Waals surface area contributed by atoms with Gasteiger partial charge in [0.25, 0.3) is 0 Å². The number of carbonyl (C=O) groups is 1. The van der Waals surface area contributed by atoms with Crippen LogP contribution in [-0.4, -0.2) is 46.2 Å². The number of cyclic esters (lactones) is 1. The molecule has 0 radical (unpaired) electrons. The maximum atomic E-state index is 11.3. The van der Waals surface area contributed by atoms with Crippen molar-refractivity contribution < 1.29 is 29.6 Å². The SMILES string of the molecule is CCC(CC)(c1ccc(CCC(O)C(C)(C)C)c(C)c1)c1ccc(OC[C@H]2CCC(=O)O2)c(C)c1.CCC(CC)(c1ccc(O)c(C)c1)c1ccc(CCC(O)C(C)(C)C)c(C)c1. The molecule has 1 fully saturated rings. The van der Waals surface area contributed by atoms with Gasteiger partial charge in [-0.1, -0.05) is 130 Å². The van der Waals surface area contributed by atoms with Crippen molar-refractivity contribution >= 4 is 5.97 Å². The van der Waals surface area contributed by atoms with Crippen molar-refractivity contribution in [2.24, 2.45) is 10.8 Å². The van der Waals surface area contributed by atoms with E-state index >= 15 is 0 Å². The minimum atomic E-state index is -0.309.